The molecule has 3 nitrogen and oxygen atoms in total. The molecule has 1 saturated carbocycles. The van der Waals surface area contributed by atoms with Crippen molar-refractivity contribution in [2.45, 2.75) is 25.3 Å². The summed E-state index contributed by atoms with van der Waals surface area (Å²) >= 11 is 0. The van der Waals surface area contributed by atoms with Crippen molar-refractivity contribution in [2.24, 2.45) is 5.92 Å². The van der Waals surface area contributed by atoms with Crippen molar-refractivity contribution < 1.29 is 9.21 Å². The van der Waals surface area contributed by atoms with Gasteiger partial charge in [0, 0.05) is 11.8 Å². The Bertz CT molecular complexity index is 547. The van der Waals surface area contributed by atoms with Gasteiger partial charge in [0.1, 0.15) is 5.76 Å². The van der Waals surface area contributed by atoms with E-state index in [1.54, 1.807) is 6.26 Å². The number of hydrogen-bond acceptors (Lipinski definition) is 2. The number of benzene rings is 1. The van der Waals surface area contributed by atoms with Crippen molar-refractivity contribution in [2.75, 3.05) is 0 Å². The number of carbonyl (C=O) groups excluding carboxylic acids is 1. The van der Waals surface area contributed by atoms with Gasteiger partial charge in [-0.1, -0.05) is 30.3 Å². The van der Waals surface area contributed by atoms with E-state index in [0.29, 0.717) is 0 Å². The number of hydrogen-bond donors (Lipinski definition) is 1. The van der Waals surface area contributed by atoms with Gasteiger partial charge in [0.15, 0.2) is 0 Å². The fourth-order valence-electron chi connectivity index (χ4n) is 2.45. The zero-order valence-corrected chi connectivity index (χ0v) is 10.9. The van der Waals surface area contributed by atoms with Crippen LogP contribution in [0, 0.1) is 5.92 Å². The normalized spacial score (nSPS) is 22.8. The first-order chi connectivity index (χ1) is 9.25. The fourth-order valence-corrected chi connectivity index (χ4v) is 2.45. The number of nitrogens with one attached hydrogen (secondary N) is 1. The van der Waals surface area contributed by atoms with Crippen LogP contribution in [-0.4, -0.2) is 5.91 Å². The Morgan fingerprint density at radius 2 is 2.05 bits per heavy atom. The van der Waals surface area contributed by atoms with Crippen LogP contribution in [0.15, 0.2) is 53.1 Å². The Hall–Kier alpha value is -2.03. The molecule has 0 radical (unpaired) electrons. The van der Waals surface area contributed by atoms with Gasteiger partial charge in [0.25, 0.3) is 0 Å². The van der Waals surface area contributed by atoms with E-state index < -0.39 is 0 Å². The minimum absolute atomic E-state index is 0.0477. The molecular weight excluding hydrogens is 238 g/mol. The maximum Gasteiger partial charge on any atom is 0.224 e. The van der Waals surface area contributed by atoms with Crippen LogP contribution in [0.2, 0.25) is 0 Å². The molecule has 1 heterocycles. The zero-order valence-electron chi connectivity index (χ0n) is 10.9. The molecule has 3 unspecified atom stereocenters. The quantitative estimate of drug-likeness (QED) is 0.911. The van der Waals surface area contributed by atoms with Gasteiger partial charge in [-0.3, -0.25) is 4.79 Å². The third-order valence-corrected chi connectivity index (χ3v) is 3.69. The first-order valence-corrected chi connectivity index (χ1v) is 6.64. The van der Waals surface area contributed by atoms with Gasteiger partial charge < -0.3 is 9.73 Å². The standard InChI is InChI=1S/C16H17NO2/c1-11(12-6-3-2-4-7-12)17-16(18)14-10-13(14)15-8-5-9-19-15/h2-9,11,13-14H,10H2,1H3,(H,17,18). The molecule has 0 spiro atoms. The minimum Gasteiger partial charge on any atom is -0.469 e. The van der Waals surface area contributed by atoms with Crippen LogP contribution in [0.4, 0.5) is 0 Å². The second-order valence-electron chi connectivity index (χ2n) is 5.11. The summed E-state index contributed by atoms with van der Waals surface area (Å²) in [6.07, 6.45) is 2.55. The molecule has 0 bridgehead atoms. The van der Waals surface area contributed by atoms with Crippen LogP contribution in [0.25, 0.3) is 0 Å². The summed E-state index contributed by atoms with van der Waals surface area (Å²) in [5, 5.41) is 3.07. The van der Waals surface area contributed by atoms with E-state index in [2.05, 4.69) is 5.32 Å². The van der Waals surface area contributed by atoms with Crippen molar-refractivity contribution in [1.29, 1.82) is 0 Å². The van der Waals surface area contributed by atoms with Crippen LogP contribution in [-0.2, 0) is 4.79 Å². The number of furan rings is 1. The Morgan fingerprint density at radius 1 is 1.26 bits per heavy atom. The third-order valence-electron chi connectivity index (χ3n) is 3.69. The molecular formula is C16H17NO2. The van der Waals surface area contributed by atoms with E-state index in [0.717, 1.165) is 17.7 Å². The minimum atomic E-state index is 0.0477. The van der Waals surface area contributed by atoms with Crippen LogP contribution < -0.4 is 5.32 Å². The predicted molar refractivity (Wildman–Crippen MR) is 72.6 cm³/mol. The van der Waals surface area contributed by atoms with Crippen molar-refractivity contribution in [3.8, 4) is 0 Å². The molecule has 1 aromatic carbocycles. The molecule has 1 aliphatic rings. The molecule has 3 heteroatoms. The molecule has 1 aromatic heterocycles. The molecule has 98 valence electrons. The summed E-state index contributed by atoms with van der Waals surface area (Å²) in [6, 6.07) is 13.9. The molecule has 1 aliphatic carbocycles. The van der Waals surface area contributed by atoms with Gasteiger partial charge in [0.2, 0.25) is 5.91 Å². The molecule has 0 aliphatic heterocycles. The highest BCUT2D eigenvalue weighted by molar-refractivity contribution is 5.83. The van der Waals surface area contributed by atoms with E-state index in [9.17, 15) is 4.79 Å². The third kappa shape index (κ3) is 2.55. The summed E-state index contributed by atoms with van der Waals surface area (Å²) in [6.45, 7) is 2.01. The smallest absolute Gasteiger partial charge is 0.224 e. The van der Waals surface area contributed by atoms with Crippen molar-refractivity contribution in [3.63, 3.8) is 0 Å². The Balaban J connectivity index is 1.58. The fraction of sp³-hybridized carbons (Fsp3) is 0.312. The van der Waals surface area contributed by atoms with Crippen LogP contribution in [0.3, 0.4) is 0 Å². The first-order valence-electron chi connectivity index (χ1n) is 6.64. The van der Waals surface area contributed by atoms with Gasteiger partial charge >= 0.3 is 0 Å². The second-order valence-corrected chi connectivity index (χ2v) is 5.11. The lowest BCUT2D eigenvalue weighted by molar-refractivity contribution is -0.123. The molecule has 2 aromatic rings. The number of amides is 1. The summed E-state index contributed by atoms with van der Waals surface area (Å²) < 4.78 is 5.35. The highest BCUT2D eigenvalue weighted by Crippen LogP contribution is 2.47. The predicted octanol–water partition coefficient (Wildman–Crippen LogP) is 3.26. The van der Waals surface area contributed by atoms with Gasteiger partial charge in [-0.05, 0) is 31.0 Å². The maximum absolute atomic E-state index is 12.1. The van der Waals surface area contributed by atoms with Crippen molar-refractivity contribution in [3.05, 3.63) is 60.1 Å². The number of carbonyl (C=O) groups is 1. The monoisotopic (exact) mass is 255 g/mol. The molecule has 3 rings (SSSR count). The van der Waals surface area contributed by atoms with E-state index in [4.69, 9.17) is 4.42 Å². The lowest BCUT2D eigenvalue weighted by Crippen LogP contribution is -2.28. The Kier molecular flexibility index (Phi) is 3.11. The van der Waals surface area contributed by atoms with Gasteiger partial charge in [-0.15, -0.1) is 0 Å². The molecule has 0 saturated heterocycles. The van der Waals surface area contributed by atoms with Gasteiger partial charge in [-0.2, -0.15) is 0 Å². The average Bonchev–Trinajstić information content (AvgIpc) is 3.06. The largest absolute Gasteiger partial charge is 0.469 e. The van der Waals surface area contributed by atoms with Crippen LogP contribution >= 0.6 is 0 Å². The molecule has 1 N–H and O–H groups in total. The molecule has 19 heavy (non-hydrogen) atoms. The van der Waals surface area contributed by atoms with Gasteiger partial charge in [0.05, 0.1) is 12.3 Å². The van der Waals surface area contributed by atoms with E-state index >= 15 is 0 Å². The maximum atomic E-state index is 12.1. The summed E-state index contributed by atoms with van der Waals surface area (Å²) in [4.78, 5) is 12.1. The highest BCUT2D eigenvalue weighted by atomic mass is 16.3. The second kappa shape index (κ2) is 4.92. The van der Waals surface area contributed by atoms with Crippen molar-refractivity contribution >= 4 is 5.91 Å². The topological polar surface area (TPSA) is 42.2 Å². The average molecular weight is 255 g/mol. The first kappa shape index (κ1) is 12.0. The summed E-state index contributed by atoms with van der Waals surface area (Å²) in [5.74, 6) is 1.38. The lowest BCUT2D eigenvalue weighted by Gasteiger charge is -2.14. The highest BCUT2D eigenvalue weighted by Gasteiger charge is 2.46. The number of rotatable bonds is 4. The zero-order chi connectivity index (χ0) is 13.2. The lowest BCUT2D eigenvalue weighted by atomic mass is 10.1. The Morgan fingerprint density at radius 3 is 2.74 bits per heavy atom. The van der Waals surface area contributed by atoms with Crippen molar-refractivity contribution in [1.82, 2.24) is 5.32 Å². The van der Waals surface area contributed by atoms with E-state index in [1.165, 1.54) is 0 Å². The SMILES string of the molecule is CC(NC(=O)C1CC1c1ccco1)c1ccccc1. The molecule has 1 amide bonds. The summed E-state index contributed by atoms with van der Waals surface area (Å²) in [7, 11) is 0. The van der Waals surface area contributed by atoms with Crippen LogP contribution in [0.5, 0.6) is 0 Å². The molecule has 1 fully saturated rings. The van der Waals surface area contributed by atoms with E-state index in [1.807, 2.05) is 49.4 Å². The molecule has 3 atom stereocenters. The van der Waals surface area contributed by atoms with Gasteiger partial charge in [-0.25, -0.2) is 0 Å². The van der Waals surface area contributed by atoms with E-state index in [-0.39, 0.29) is 23.8 Å². The van der Waals surface area contributed by atoms with Crippen LogP contribution in [0.1, 0.15) is 36.6 Å². The summed E-state index contributed by atoms with van der Waals surface area (Å²) in [5.41, 5.74) is 1.13. The Labute approximate surface area is 112 Å².